The molecule has 0 aliphatic rings. The molecule has 108 valence electrons. The fourth-order valence-electron chi connectivity index (χ4n) is 1.75. The monoisotopic (exact) mass is 376 g/mol. The maximum Gasteiger partial charge on any atom is 0.305 e. The maximum absolute atomic E-state index is 12.2. The van der Waals surface area contributed by atoms with Crippen molar-refractivity contribution in [2.24, 2.45) is 0 Å². The van der Waals surface area contributed by atoms with Gasteiger partial charge in [0.1, 0.15) is 0 Å². The van der Waals surface area contributed by atoms with Gasteiger partial charge in [0, 0.05) is 16.2 Å². The second-order valence-corrected chi connectivity index (χ2v) is 8.13. The molecule has 8 heteroatoms. The van der Waals surface area contributed by atoms with Gasteiger partial charge in [0.25, 0.3) is 10.0 Å². The van der Waals surface area contributed by atoms with Crippen LogP contribution in [-0.4, -0.2) is 13.4 Å². The third-order valence-electron chi connectivity index (χ3n) is 2.73. The summed E-state index contributed by atoms with van der Waals surface area (Å²) in [5.41, 5.74) is 1.20. The fourth-order valence-corrected chi connectivity index (χ4v) is 4.57. The molecule has 1 heterocycles. The van der Waals surface area contributed by atoms with Crippen molar-refractivity contribution >= 4 is 37.3 Å². The van der Waals surface area contributed by atoms with Crippen LogP contribution in [0.3, 0.4) is 0 Å². The number of halogens is 1. The topological polar surface area (TPSA) is 79.0 Å². The smallest absolute Gasteiger partial charge is 0.305 e. The molecule has 0 bridgehead atoms. The van der Waals surface area contributed by atoms with E-state index in [1.807, 2.05) is 24.3 Å². The fraction of sp³-hybridized carbons (Fsp3) is 0.250. The molecule has 0 saturated heterocycles. The SMILES string of the molecule is Cc1[nH]c(=O)sc1S(=O)(=O)N[C@H](C)c1ccc(Br)cc1. The first-order valence-electron chi connectivity index (χ1n) is 5.77. The number of nitrogens with one attached hydrogen (secondary N) is 2. The molecule has 5 nitrogen and oxygen atoms in total. The molecule has 1 aromatic carbocycles. The van der Waals surface area contributed by atoms with E-state index in [1.54, 1.807) is 13.8 Å². The number of H-pyrrole nitrogens is 1. The lowest BCUT2D eigenvalue weighted by molar-refractivity contribution is 0.568. The van der Waals surface area contributed by atoms with Gasteiger partial charge in [-0.2, -0.15) is 0 Å². The first-order chi connectivity index (χ1) is 9.29. The predicted octanol–water partition coefficient (Wildman–Crippen LogP) is 2.55. The van der Waals surface area contributed by atoms with Crippen molar-refractivity contribution in [2.45, 2.75) is 24.1 Å². The van der Waals surface area contributed by atoms with Crippen LogP contribution in [0.5, 0.6) is 0 Å². The van der Waals surface area contributed by atoms with E-state index in [-0.39, 0.29) is 15.1 Å². The van der Waals surface area contributed by atoms with Gasteiger partial charge in [-0.25, -0.2) is 13.1 Å². The number of hydrogen-bond acceptors (Lipinski definition) is 4. The van der Waals surface area contributed by atoms with Crippen LogP contribution in [0, 0.1) is 6.92 Å². The summed E-state index contributed by atoms with van der Waals surface area (Å²) in [5.74, 6) is 0. The molecule has 0 aliphatic heterocycles. The minimum absolute atomic E-state index is 0.0338. The first-order valence-corrected chi connectivity index (χ1v) is 8.86. The van der Waals surface area contributed by atoms with Gasteiger partial charge in [-0.15, -0.1) is 0 Å². The molecule has 0 aliphatic carbocycles. The number of aryl methyl sites for hydroxylation is 1. The molecule has 2 rings (SSSR count). The van der Waals surface area contributed by atoms with Crippen molar-refractivity contribution in [1.29, 1.82) is 0 Å². The van der Waals surface area contributed by atoms with Crippen molar-refractivity contribution < 1.29 is 8.42 Å². The van der Waals surface area contributed by atoms with Gasteiger partial charge in [-0.3, -0.25) is 4.79 Å². The van der Waals surface area contributed by atoms with Crippen LogP contribution in [-0.2, 0) is 10.0 Å². The lowest BCUT2D eigenvalue weighted by Gasteiger charge is -2.14. The number of aromatic amines is 1. The van der Waals surface area contributed by atoms with Gasteiger partial charge in [0.15, 0.2) is 4.21 Å². The van der Waals surface area contributed by atoms with Crippen molar-refractivity contribution in [2.75, 3.05) is 0 Å². The Hall–Kier alpha value is -0.960. The Morgan fingerprint density at radius 1 is 1.30 bits per heavy atom. The molecule has 1 aromatic heterocycles. The van der Waals surface area contributed by atoms with Crippen LogP contribution in [0.25, 0.3) is 0 Å². The quantitative estimate of drug-likeness (QED) is 0.860. The van der Waals surface area contributed by atoms with Crippen LogP contribution in [0.1, 0.15) is 24.2 Å². The van der Waals surface area contributed by atoms with Crippen molar-refractivity contribution in [3.8, 4) is 0 Å². The van der Waals surface area contributed by atoms with Gasteiger partial charge in [-0.1, -0.05) is 39.4 Å². The van der Waals surface area contributed by atoms with Crippen molar-refractivity contribution in [3.63, 3.8) is 0 Å². The molecule has 20 heavy (non-hydrogen) atoms. The first kappa shape index (κ1) is 15.4. The lowest BCUT2D eigenvalue weighted by atomic mass is 10.1. The number of hydrogen-bond donors (Lipinski definition) is 2. The predicted molar refractivity (Wildman–Crippen MR) is 82.6 cm³/mol. The van der Waals surface area contributed by atoms with Crippen LogP contribution < -0.4 is 9.60 Å². The summed E-state index contributed by atoms with van der Waals surface area (Å²) in [7, 11) is -3.70. The van der Waals surface area contributed by atoms with E-state index in [4.69, 9.17) is 0 Å². The minimum Gasteiger partial charge on any atom is -0.315 e. The number of benzene rings is 1. The van der Waals surface area contributed by atoms with Gasteiger partial charge in [0.05, 0.1) is 0 Å². The molecule has 0 unspecified atom stereocenters. The molecule has 0 amide bonds. The second kappa shape index (κ2) is 5.80. The molecular formula is C12H13BrN2O3S2. The van der Waals surface area contributed by atoms with Gasteiger partial charge < -0.3 is 4.98 Å². The van der Waals surface area contributed by atoms with E-state index in [0.29, 0.717) is 17.0 Å². The number of rotatable bonds is 4. The second-order valence-electron chi connectivity index (χ2n) is 4.32. The molecule has 0 radical (unpaired) electrons. The highest BCUT2D eigenvalue weighted by atomic mass is 79.9. The lowest BCUT2D eigenvalue weighted by Crippen LogP contribution is -2.26. The van der Waals surface area contributed by atoms with E-state index < -0.39 is 10.0 Å². The molecule has 0 saturated carbocycles. The Kier molecular flexibility index (Phi) is 4.48. The molecule has 1 atom stereocenters. The van der Waals surface area contributed by atoms with E-state index >= 15 is 0 Å². The van der Waals surface area contributed by atoms with Crippen LogP contribution in [0.4, 0.5) is 0 Å². The van der Waals surface area contributed by atoms with Crippen molar-refractivity contribution in [1.82, 2.24) is 9.71 Å². The Labute approximate surface area is 129 Å². The summed E-state index contributed by atoms with van der Waals surface area (Å²) in [5, 5.41) is 0. The molecular weight excluding hydrogens is 364 g/mol. The zero-order chi connectivity index (χ0) is 14.9. The summed E-state index contributed by atoms with van der Waals surface area (Å²) in [6.45, 7) is 3.32. The van der Waals surface area contributed by atoms with Crippen LogP contribution in [0.2, 0.25) is 0 Å². The van der Waals surface area contributed by atoms with Gasteiger partial charge >= 0.3 is 4.87 Å². The highest BCUT2D eigenvalue weighted by molar-refractivity contribution is 9.10. The number of sulfonamides is 1. The van der Waals surface area contributed by atoms with Gasteiger partial charge in [-0.05, 0) is 31.5 Å². The summed E-state index contributed by atoms with van der Waals surface area (Å²) in [4.78, 5) is 13.3. The molecule has 2 N–H and O–H groups in total. The zero-order valence-corrected chi connectivity index (χ0v) is 14.0. The zero-order valence-electron chi connectivity index (χ0n) is 10.8. The standard InChI is InChI=1S/C12H13BrN2O3S2/c1-7(9-3-5-10(13)6-4-9)15-20(17,18)11-8(2)14-12(16)19-11/h3-7,15H,1-2H3,(H,14,16)/t7-/m1/s1. The van der Waals surface area contributed by atoms with Crippen molar-refractivity contribution in [3.05, 3.63) is 49.7 Å². The molecule has 0 fully saturated rings. The summed E-state index contributed by atoms with van der Waals surface area (Å²) in [6, 6.07) is 6.98. The summed E-state index contributed by atoms with van der Waals surface area (Å²) in [6.07, 6.45) is 0. The maximum atomic E-state index is 12.2. The Balaban J connectivity index is 2.26. The van der Waals surface area contributed by atoms with Gasteiger partial charge in [0.2, 0.25) is 0 Å². The highest BCUT2D eigenvalue weighted by Gasteiger charge is 2.23. The van der Waals surface area contributed by atoms with E-state index in [1.165, 1.54) is 0 Å². The van der Waals surface area contributed by atoms with E-state index in [2.05, 4.69) is 25.6 Å². The third kappa shape index (κ3) is 3.38. The Bertz CT molecular complexity index is 763. The number of thiazole rings is 1. The molecule has 0 spiro atoms. The Morgan fingerprint density at radius 2 is 1.90 bits per heavy atom. The van der Waals surface area contributed by atoms with Crippen LogP contribution >= 0.6 is 27.3 Å². The molecule has 2 aromatic rings. The van der Waals surface area contributed by atoms with Crippen LogP contribution in [0.15, 0.2) is 37.7 Å². The van der Waals surface area contributed by atoms with E-state index in [0.717, 1.165) is 10.0 Å². The number of aromatic nitrogens is 1. The summed E-state index contributed by atoms with van der Waals surface area (Å²) < 4.78 is 28.0. The average molecular weight is 377 g/mol. The Morgan fingerprint density at radius 3 is 2.40 bits per heavy atom. The highest BCUT2D eigenvalue weighted by Crippen LogP contribution is 2.21. The minimum atomic E-state index is -3.70. The van der Waals surface area contributed by atoms with E-state index in [9.17, 15) is 13.2 Å². The largest absolute Gasteiger partial charge is 0.315 e. The third-order valence-corrected chi connectivity index (χ3v) is 6.40. The normalized spacial score (nSPS) is 13.3. The average Bonchev–Trinajstić information content (AvgIpc) is 2.69. The summed E-state index contributed by atoms with van der Waals surface area (Å²) >= 11 is 4.02.